The van der Waals surface area contributed by atoms with Crippen molar-refractivity contribution in [2.24, 2.45) is 4.99 Å². The molecular formula is C19H32N4OS. The summed E-state index contributed by atoms with van der Waals surface area (Å²) in [6.07, 6.45) is 13.0. The molecule has 0 aliphatic heterocycles. The fourth-order valence-corrected chi connectivity index (χ4v) is 3.42. The first-order valence-corrected chi connectivity index (χ1v) is 10.8. The van der Waals surface area contributed by atoms with Crippen LogP contribution in [0, 0.1) is 0 Å². The van der Waals surface area contributed by atoms with E-state index in [-0.39, 0.29) is 0 Å². The van der Waals surface area contributed by atoms with Crippen LogP contribution in [0.1, 0.15) is 50.5 Å². The molecule has 1 aliphatic carbocycles. The van der Waals surface area contributed by atoms with Crippen molar-refractivity contribution in [1.82, 2.24) is 15.6 Å². The Bertz CT molecular complexity index is 501. The molecule has 0 saturated heterocycles. The van der Waals surface area contributed by atoms with E-state index in [2.05, 4.69) is 32.9 Å². The molecule has 0 atom stereocenters. The summed E-state index contributed by atoms with van der Waals surface area (Å²) < 4.78 is 5.97. The fraction of sp³-hybridized carbons (Fsp3) is 0.684. The lowest BCUT2D eigenvalue weighted by molar-refractivity contribution is 0.148. The SMILES string of the molecule is CN=C(NCCCCSC)NCc1ccc(OC2CCCCC2)nc1. The van der Waals surface area contributed by atoms with Gasteiger partial charge in [0, 0.05) is 32.4 Å². The Labute approximate surface area is 156 Å². The van der Waals surface area contributed by atoms with Gasteiger partial charge in [-0.05, 0) is 56.1 Å². The van der Waals surface area contributed by atoms with Crippen molar-refractivity contribution in [2.45, 2.75) is 57.6 Å². The van der Waals surface area contributed by atoms with Crippen LogP contribution in [0.15, 0.2) is 23.3 Å². The highest BCUT2D eigenvalue weighted by atomic mass is 32.2. The first kappa shape index (κ1) is 19.9. The number of hydrogen-bond donors (Lipinski definition) is 2. The van der Waals surface area contributed by atoms with Gasteiger partial charge >= 0.3 is 0 Å². The minimum Gasteiger partial charge on any atom is -0.474 e. The molecule has 6 heteroatoms. The second kappa shape index (κ2) is 12.0. The molecule has 1 fully saturated rings. The quantitative estimate of drug-likeness (QED) is 0.398. The van der Waals surface area contributed by atoms with Crippen molar-refractivity contribution in [3.05, 3.63) is 23.9 Å². The number of hydrogen-bond acceptors (Lipinski definition) is 4. The van der Waals surface area contributed by atoms with Crippen molar-refractivity contribution < 1.29 is 4.74 Å². The zero-order chi connectivity index (χ0) is 17.7. The molecule has 0 aromatic carbocycles. The third-order valence-corrected chi connectivity index (χ3v) is 5.09. The van der Waals surface area contributed by atoms with Crippen LogP contribution >= 0.6 is 11.8 Å². The monoisotopic (exact) mass is 364 g/mol. The highest BCUT2D eigenvalue weighted by Gasteiger charge is 2.15. The normalized spacial score (nSPS) is 15.8. The first-order valence-electron chi connectivity index (χ1n) is 9.37. The number of rotatable bonds is 9. The molecule has 0 unspecified atom stereocenters. The van der Waals surface area contributed by atoms with Crippen LogP contribution in [0.2, 0.25) is 0 Å². The molecule has 1 heterocycles. The van der Waals surface area contributed by atoms with Gasteiger partial charge in [-0.15, -0.1) is 0 Å². The van der Waals surface area contributed by atoms with Crippen molar-refractivity contribution >= 4 is 17.7 Å². The Morgan fingerprint density at radius 3 is 2.76 bits per heavy atom. The first-order chi connectivity index (χ1) is 12.3. The van der Waals surface area contributed by atoms with Crippen molar-refractivity contribution in [2.75, 3.05) is 25.6 Å². The fourth-order valence-electron chi connectivity index (χ4n) is 2.92. The van der Waals surface area contributed by atoms with Crippen LogP contribution in [-0.4, -0.2) is 42.6 Å². The number of nitrogens with zero attached hydrogens (tertiary/aromatic N) is 2. The van der Waals surface area contributed by atoms with Crippen LogP contribution in [0.25, 0.3) is 0 Å². The van der Waals surface area contributed by atoms with E-state index in [4.69, 9.17) is 4.74 Å². The van der Waals surface area contributed by atoms with E-state index in [9.17, 15) is 0 Å². The van der Waals surface area contributed by atoms with E-state index in [0.717, 1.165) is 43.2 Å². The number of unbranched alkanes of at least 4 members (excludes halogenated alkanes) is 1. The predicted octanol–water partition coefficient (Wildman–Crippen LogP) is 3.60. The number of aromatic nitrogens is 1. The molecule has 2 N–H and O–H groups in total. The van der Waals surface area contributed by atoms with Gasteiger partial charge in [-0.1, -0.05) is 12.5 Å². The Hall–Kier alpha value is -1.43. The van der Waals surface area contributed by atoms with E-state index in [1.807, 2.05) is 24.0 Å². The third kappa shape index (κ3) is 7.99. The summed E-state index contributed by atoms with van der Waals surface area (Å²) in [7, 11) is 1.80. The Morgan fingerprint density at radius 1 is 1.24 bits per heavy atom. The molecule has 0 spiro atoms. The summed E-state index contributed by atoms with van der Waals surface area (Å²) in [6, 6.07) is 4.05. The zero-order valence-electron chi connectivity index (χ0n) is 15.6. The number of thioether (sulfide) groups is 1. The topological polar surface area (TPSA) is 58.5 Å². The smallest absolute Gasteiger partial charge is 0.213 e. The summed E-state index contributed by atoms with van der Waals surface area (Å²) >= 11 is 1.89. The number of ether oxygens (including phenoxy) is 1. The van der Waals surface area contributed by atoms with E-state index in [1.54, 1.807) is 7.05 Å². The van der Waals surface area contributed by atoms with Gasteiger partial charge in [0.15, 0.2) is 5.96 Å². The summed E-state index contributed by atoms with van der Waals surface area (Å²) in [5.41, 5.74) is 1.13. The summed E-state index contributed by atoms with van der Waals surface area (Å²) in [5.74, 6) is 2.80. The molecule has 25 heavy (non-hydrogen) atoms. The van der Waals surface area contributed by atoms with E-state index < -0.39 is 0 Å². The summed E-state index contributed by atoms with van der Waals surface area (Å²) in [5, 5.41) is 6.68. The second-order valence-electron chi connectivity index (χ2n) is 6.44. The van der Waals surface area contributed by atoms with Crippen LogP contribution in [0.3, 0.4) is 0 Å². The predicted molar refractivity (Wildman–Crippen MR) is 108 cm³/mol. The molecule has 5 nitrogen and oxygen atoms in total. The lowest BCUT2D eigenvalue weighted by Gasteiger charge is -2.22. The molecule has 0 bridgehead atoms. The zero-order valence-corrected chi connectivity index (χ0v) is 16.4. The number of aliphatic imine (C=N–C) groups is 1. The van der Waals surface area contributed by atoms with Crippen LogP contribution in [0.4, 0.5) is 0 Å². The van der Waals surface area contributed by atoms with Gasteiger partial charge in [-0.2, -0.15) is 11.8 Å². The average Bonchev–Trinajstić information content (AvgIpc) is 2.66. The largest absolute Gasteiger partial charge is 0.474 e. The third-order valence-electron chi connectivity index (χ3n) is 4.39. The molecule has 0 amide bonds. The molecule has 1 aromatic heterocycles. The minimum absolute atomic E-state index is 0.347. The number of nitrogens with one attached hydrogen (secondary N) is 2. The highest BCUT2D eigenvalue weighted by molar-refractivity contribution is 7.98. The lowest BCUT2D eigenvalue weighted by atomic mass is 9.98. The summed E-state index contributed by atoms with van der Waals surface area (Å²) in [4.78, 5) is 8.71. The number of guanidine groups is 1. The lowest BCUT2D eigenvalue weighted by Crippen LogP contribution is -2.37. The maximum Gasteiger partial charge on any atom is 0.213 e. The maximum absolute atomic E-state index is 5.97. The molecule has 1 saturated carbocycles. The van der Waals surface area contributed by atoms with Gasteiger partial charge < -0.3 is 15.4 Å². The van der Waals surface area contributed by atoms with Crippen molar-refractivity contribution in [1.29, 1.82) is 0 Å². The van der Waals surface area contributed by atoms with Crippen molar-refractivity contribution in [3.8, 4) is 5.88 Å². The van der Waals surface area contributed by atoms with E-state index in [0.29, 0.717) is 12.6 Å². The Balaban J connectivity index is 1.68. The Kier molecular flexibility index (Phi) is 9.55. The Morgan fingerprint density at radius 2 is 2.08 bits per heavy atom. The van der Waals surface area contributed by atoms with E-state index in [1.165, 1.54) is 31.4 Å². The van der Waals surface area contributed by atoms with Crippen LogP contribution in [0.5, 0.6) is 5.88 Å². The minimum atomic E-state index is 0.347. The number of pyridine rings is 1. The van der Waals surface area contributed by atoms with Gasteiger partial charge in [0.25, 0.3) is 0 Å². The molecule has 140 valence electrons. The van der Waals surface area contributed by atoms with Gasteiger partial charge in [-0.25, -0.2) is 4.98 Å². The highest BCUT2D eigenvalue weighted by Crippen LogP contribution is 2.22. The van der Waals surface area contributed by atoms with Gasteiger partial charge in [-0.3, -0.25) is 4.99 Å². The standard InChI is InChI=1S/C19H32N4OS/c1-20-19(21-12-6-7-13-25-2)23-15-16-10-11-18(22-14-16)24-17-8-4-3-5-9-17/h10-11,14,17H,3-9,12-13,15H2,1-2H3,(H2,20,21,23). The van der Waals surface area contributed by atoms with E-state index >= 15 is 0 Å². The molecular weight excluding hydrogens is 332 g/mol. The second-order valence-corrected chi connectivity index (χ2v) is 7.42. The molecule has 1 aliphatic rings. The van der Waals surface area contributed by atoms with Gasteiger partial charge in [0.1, 0.15) is 6.10 Å². The average molecular weight is 365 g/mol. The molecule has 1 aromatic rings. The summed E-state index contributed by atoms with van der Waals surface area (Å²) in [6.45, 7) is 1.66. The molecule has 2 rings (SSSR count). The van der Waals surface area contributed by atoms with Crippen LogP contribution in [-0.2, 0) is 6.54 Å². The molecule has 0 radical (unpaired) electrons. The van der Waals surface area contributed by atoms with Gasteiger partial charge in [0.2, 0.25) is 5.88 Å². The van der Waals surface area contributed by atoms with Crippen LogP contribution < -0.4 is 15.4 Å². The maximum atomic E-state index is 5.97. The van der Waals surface area contributed by atoms with Gasteiger partial charge in [0.05, 0.1) is 0 Å². The van der Waals surface area contributed by atoms with Crippen molar-refractivity contribution in [3.63, 3.8) is 0 Å².